The maximum Gasteiger partial charge on any atom is 0.278 e. The number of nitrogens with zero attached hydrogens (tertiary/aromatic N) is 5. The van der Waals surface area contributed by atoms with Crippen molar-refractivity contribution in [3.8, 4) is 0 Å². The van der Waals surface area contributed by atoms with Gasteiger partial charge in [0.05, 0.1) is 12.8 Å². The van der Waals surface area contributed by atoms with Crippen LogP contribution in [-0.2, 0) is 4.74 Å². The summed E-state index contributed by atoms with van der Waals surface area (Å²) in [5, 5.41) is 13.5. The Hall–Kier alpha value is -1.41. The van der Waals surface area contributed by atoms with E-state index in [9.17, 15) is 10.1 Å². The van der Waals surface area contributed by atoms with Crippen LogP contribution in [0.2, 0.25) is 0 Å². The maximum absolute atomic E-state index is 10.7. The second-order valence-electron chi connectivity index (χ2n) is 4.72. The summed E-state index contributed by atoms with van der Waals surface area (Å²) in [4.78, 5) is 16.4. The minimum atomic E-state index is -0.647. The molecule has 0 aromatic rings. The summed E-state index contributed by atoms with van der Waals surface area (Å²) in [5.41, 5.74) is 0. The monoisotopic (exact) mass is 257 g/mol. The molecule has 0 N–H and O–H groups in total. The van der Waals surface area contributed by atoms with Gasteiger partial charge in [-0.2, -0.15) is 0 Å². The van der Waals surface area contributed by atoms with Gasteiger partial charge in [0.1, 0.15) is 11.3 Å². The third-order valence-electron chi connectivity index (χ3n) is 3.57. The molecule has 0 spiro atoms. The van der Waals surface area contributed by atoms with Crippen LogP contribution in [0.3, 0.4) is 0 Å². The minimum Gasteiger partial charge on any atom is -0.358 e. The number of rotatable bonds is 2. The minimum absolute atomic E-state index is 0.0707. The van der Waals surface area contributed by atoms with Crippen molar-refractivity contribution in [3.63, 3.8) is 0 Å². The molecule has 2 rings (SSSR count). The molecule has 0 aliphatic carbocycles. The van der Waals surface area contributed by atoms with Gasteiger partial charge in [-0.1, -0.05) is 0 Å². The topological polar surface area (TPSA) is 74.4 Å². The van der Waals surface area contributed by atoms with Crippen molar-refractivity contribution in [1.82, 2.24) is 14.7 Å². The number of hydrogen-bond acceptors (Lipinski definition) is 4. The molecule has 2 heterocycles. The van der Waals surface area contributed by atoms with Gasteiger partial charge < -0.3 is 9.64 Å². The van der Waals surface area contributed by atoms with E-state index in [-0.39, 0.29) is 12.4 Å². The van der Waals surface area contributed by atoms with Crippen molar-refractivity contribution in [2.75, 3.05) is 27.4 Å². The fourth-order valence-electron chi connectivity index (χ4n) is 2.31. The number of hydrogen-bond donors (Lipinski definition) is 0. The lowest BCUT2D eigenvalue weighted by molar-refractivity contribution is -0.486. The SMILES string of the molecule is CC1N(C)CN(C2CCCO2)C(=N[N+](=O)[O-])N1C. The molecule has 2 saturated heterocycles. The fraction of sp³-hybridized carbons (Fsp3) is 0.900. The predicted molar refractivity (Wildman–Crippen MR) is 65.1 cm³/mol. The molecular weight excluding hydrogens is 238 g/mol. The molecule has 2 unspecified atom stereocenters. The van der Waals surface area contributed by atoms with E-state index in [1.54, 1.807) is 4.90 Å². The lowest BCUT2D eigenvalue weighted by Gasteiger charge is -2.46. The van der Waals surface area contributed by atoms with Gasteiger partial charge in [-0.3, -0.25) is 9.80 Å². The van der Waals surface area contributed by atoms with Gasteiger partial charge in [0.2, 0.25) is 0 Å². The number of ether oxygens (including phenoxy) is 1. The molecule has 2 aliphatic heterocycles. The quantitative estimate of drug-likeness (QED) is 0.518. The molecule has 0 bridgehead atoms. The lowest BCUT2D eigenvalue weighted by atomic mass is 10.3. The van der Waals surface area contributed by atoms with Crippen LogP contribution < -0.4 is 0 Å². The third kappa shape index (κ3) is 2.39. The molecular formula is C10H19N5O3. The average Bonchev–Trinajstić information content (AvgIpc) is 2.83. The molecule has 8 nitrogen and oxygen atoms in total. The van der Waals surface area contributed by atoms with E-state index < -0.39 is 5.03 Å². The predicted octanol–water partition coefficient (Wildman–Crippen LogP) is 0.153. The van der Waals surface area contributed by atoms with Gasteiger partial charge in [-0.25, -0.2) is 10.1 Å². The van der Waals surface area contributed by atoms with Crippen LogP contribution in [0.5, 0.6) is 0 Å². The van der Waals surface area contributed by atoms with Crippen molar-refractivity contribution in [3.05, 3.63) is 10.1 Å². The molecule has 0 aromatic carbocycles. The van der Waals surface area contributed by atoms with Gasteiger partial charge in [0, 0.05) is 13.7 Å². The molecule has 0 saturated carbocycles. The summed E-state index contributed by atoms with van der Waals surface area (Å²) in [6.07, 6.45) is 1.82. The molecule has 2 aliphatic rings. The summed E-state index contributed by atoms with van der Waals surface area (Å²) in [7, 11) is 3.79. The van der Waals surface area contributed by atoms with E-state index in [1.165, 1.54) is 0 Å². The second kappa shape index (κ2) is 5.07. The van der Waals surface area contributed by atoms with E-state index in [4.69, 9.17) is 4.74 Å². The van der Waals surface area contributed by atoms with Gasteiger partial charge in [-0.05, 0) is 26.8 Å². The first-order chi connectivity index (χ1) is 8.50. The number of hydrazone groups is 1. The highest BCUT2D eigenvalue weighted by atomic mass is 16.7. The Morgan fingerprint density at radius 1 is 1.50 bits per heavy atom. The first-order valence-corrected chi connectivity index (χ1v) is 6.05. The first-order valence-electron chi connectivity index (χ1n) is 6.05. The zero-order valence-electron chi connectivity index (χ0n) is 10.9. The highest BCUT2D eigenvalue weighted by Crippen LogP contribution is 2.23. The van der Waals surface area contributed by atoms with Crippen LogP contribution >= 0.6 is 0 Å². The van der Waals surface area contributed by atoms with Crippen LogP contribution in [0.25, 0.3) is 0 Å². The molecule has 8 heteroatoms. The van der Waals surface area contributed by atoms with E-state index in [1.807, 2.05) is 25.9 Å². The van der Waals surface area contributed by atoms with Crippen molar-refractivity contribution >= 4 is 5.96 Å². The molecule has 0 radical (unpaired) electrons. The standard InChI is InChI=1S/C10H19N5O3/c1-8-12(2)7-14(9-5-4-6-18-9)10(13(8)3)11-15(16)17/h8-9H,4-7H2,1-3H3. The van der Waals surface area contributed by atoms with Crippen molar-refractivity contribution in [2.45, 2.75) is 32.2 Å². The molecule has 0 aromatic heterocycles. The van der Waals surface area contributed by atoms with E-state index in [2.05, 4.69) is 10.0 Å². The third-order valence-corrected chi connectivity index (χ3v) is 3.57. The maximum atomic E-state index is 10.7. The second-order valence-corrected chi connectivity index (χ2v) is 4.72. The summed E-state index contributed by atoms with van der Waals surface area (Å²) < 4.78 is 5.61. The summed E-state index contributed by atoms with van der Waals surface area (Å²) >= 11 is 0. The molecule has 2 atom stereocenters. The van der Waals surface area contributed by atoms with Gasteiger partial charge in [-0.15, -0.1) is 0 Å². The largest absolute Gasteiger partial charge is 0.358 e. The number of nitro groups is 1. The Kier molecular flexibility index (Phi) is 3.67. The Bertz CT molecular complexity index is 355. The van der Waals surface area contributed by atoms with E-state index in [0.29, 0.717) is 19.2 Å². The lowest BCUT2D eigenvalue weighted by Crippen LogP contribution is -2.63. The summed E-state index contributed by atoms with van der Waals surface area (Å²) in [5.74, 6) is 0.373. The molecule has 18 heavy (non-hydrogen) atoms. The average molecular weight is 257 g/mol. The normalized spacial score (nSPS) is 32.3. The van der Waals surface area contributed by atoms with Crippen LogP contribution in [-0.4, -0.2) is 65.5 Å². The van der Waals surface area contributed by atoms with Crippen LogP contribution in [0.4, 0.5) is 0 Å². The Labute approximate surface area is 106 Å². The van der Waals surface area contributed by atoms with Crippen molar-refractivity contribution in [1.29, 1.82) is 0 Å². The molecule has 102 valence electrons. The van der Waals surface area contributed by atoms with Crippen molar-refractivity contribution in [2.24, 2.45) is 5.10 Å². The highest BCUT2D eigenvalue weighted by Gasteiger charge is 2.37. The zero-order chi connectivity index (χ0) is 13.3. The van der Waals surface area contributed by atoms with Crippen molar-refractivity contribution < 1.29 is 9.77 Å². The molecule has 0 amide bonds. The van der Waals surface area contributed by atoms with E-state index in [0.717, 1.165) is 12.8 Å². The van der Waals surface area contributed by atoms with Gasteiger partial charge in [0.15, 0.2) is 5.03 Å². The van der Waals surface area contributed by atoms with E-state index >= 15 is 0 Å². The summed E-state index contributed by atoms with van der Waals surface area (Å²) in [6, 6.07) is 0. The van der Waals surface area contributed by atoms with Crippen LogP contribution in [0.15, 0.2) is 5.10 Å². The zero-order valence-corrected chi connectivity index (χ0v) is 10.9. The van der Waals surface area contributed by atoms with Crippen LogP contribution in [0, 0.1) is 10.1 Å². The van der Waals surface area contributed by atoms with Gasteiger partial charge in [0.25, 0.3) is 5.96 Å². The Balaban J connectivity index is 2.25. The Morgan fingerprint density at radius 2 is 2.22 bits per heavy atom. The Morgan fingerprint density at radius 3 is 2.78 bits per heavy atom. The number of guanidine groups is 1. The molecule has 2 fully saturated rings. The fourth-order valence-corrected chi connectivity index (χ4v) is 2.31. The van der Waals surface area contributed by atoms with Gasteiger partial charge >= 0.3 is 0 Å². The smallest absolute Gasteiger partial charge is 0.278 e. The highest BCUT2D eigenvalue weighted by molar-refractivity contribution is 5.80. The summed E-state index contributed by atoms with van der Waals surface area (Å²) in [6.45, 7) is 3.28. The first kappa shape index (κ1) is 13.0. The van der Waals surface area contributed by atoms with Crippen LogP contribution in [0.1, 0.15) is 19.8 Å².